The molecule has 0 aliphatic heterocycles. The molecule has 7 rings (SSSR count). The van der Waals surface area contributed by atoms with Gasteiger partial charge < -0.3 is 4.42 Å². The summed E-state index contributed by atoms with van der Waals surface area (Å²) in [5, 5.41) is 6.03. The van der Waals surface area contributed by atoms with Crippen LogP contribution in [-0.2, 0) is 0 Å². The third-order valence-electron chi connectivity index (χ3n) is 7.76. The van der Waals surface area contributed by atoms with E-state index in [0.29, 0.717) is 0 Å². The van der Waals surface area contributed by atoms with Gasteiger partial charge in [-0.05, 0) is 86.1 Å². The maximum Gasteiger partial charge on any atom is 0.135 e. The molecule has 1 heteroatoms. The van der Waals surface area contributed by atoms with Crippen LogP contribution in [0.4, 0.5) is 0 Å². The number of fused-ring (bicyclic) bond motifs is 3. The Kier molecular flexibility index (Phi) is 5.91. The molecule has 0 spiro atoms. The van der Waals surface area contributed by atoms with Crippen LogP contribution in [0, 0.1) is 0 Å². The monoisotopic (exact) mass is 512 g/mol. The van der Waals surface area contributed by atoms with E-state index in [1.165, 1.54) is 54.9 Å². The van der Waals surface area contributed by atoms with E-state index in [9.17, 15) is 0 Å². The fourth-order valence-electron chi connectivity index (χ4n) is 6.01. The van der Waals surface area contributed by atoms with Crippen molar-refractivity contribution in [2.24, 2.45) is 0 Å². The first-order valence-electron chi connectivity index (χ1n) is 13.7. The van der Waals surface area contributed by atoms with E-state index in [-0.39, 0.29) is 0 Å². The minimum atomic E-state index is 0.841. The zero-order chi connectivity index (χ0) is 27.1. The smallest absolute Gasteiger partial charge is 0.135 e. The lowest BCUT2D eigenvalue weighted by atomic mass is 9.85. The lowest BCUT2D eigenvalue weighted by Crippen LogP contribution is -1.91. The van der Waals surface area contributed by atoms with Crippen LogP contribution in [0.1, 0.15) is 18.2 Å². The fourth-order valence-corrected chi connectivity index (χ4v) is 6.01. The molecule has 0 aliphatic carbocycles. The summed E-state index contributed by atoms with van der Waals surface area (Å²) in [4.78, 5) is 0. The molecule has 7 aromatic rings. The molecular formula is C39H28O. The highest BCUT2D eigenvalue weighted by molar-refractivity contribution is 6.21. The van der Waals surface area contributed by atoms with E-state index in [2.05, 4.69) is 128 Å². The minimum absolute atomic E-state index is 0.841. The van der Waals surface area contributed by atoms with Crippen molar-refractivity contribution in [1.82, 2.24) is 0 Å². The van der Waals surface area contributed by atoms with Crippen molar-refractivity contribution in [2.45, 2.75) is 6.92 Å². The lowest BCUT2D eigenvalue weighted by Gasteiger charge is -2.18. The van der Waals surface area contributed by atoms with Crippen molar-refractivity contribution in [3.63, 3.8) is 0 Å². The van der Waals surface area contributed by atoms with Gasteiger partial charge in [-0.15, -0.1) is 0 Å². The molecule has 0 saturated carbocycles. The number of furan rings is 1. The van der Waals surface area contributed by atoms with Crippen molar-refractivity contribution in [3.05, 3.63) is 145 Å². The van der Waals surface area contributed by atoms with Gasteiger partial charge in [-0.1, -0.05) is 122 Å². The van der Waals surface area contributed by atoms with Gasteiger partial charge in [0, 0.05) is 10.9 Å². The van der Waals surface area contributed by atoms with Gasteiger partial charge in [0.2, 0.25) is 0 Å². The highest BCUT2D eigenvalue weighted by Crippen LogP contribution is 2.45. The fraction of sp³-hybridized carbons (Fsp3) is 0.0256. The second kappa shape index (κ2) is 9.87. The zero-order valence-electron chi connectivity index (χ0n) is 22.4. The van der Waals surface area contributed by atoms with Gasteiger partial charge in [0.05, 0.1) is 0 Å². The molecule has 0 aliphatic rings. The molecule has 0 unspecified atom stereocenters. The first-order chi connectivity index (χ1) is 19.8. The Hall–Kier alpha value is -5.14. The summed E-state index contributed by atoms with van der Waals surface area (Å²) in [7, 11) is 0. The van der Waals surface area contributed by atoms with Gasteiger partial charge in [0.25, 0.3) is 0 Å². The summed E-state index contributed by atoms with van der Waals surface area (Å²) in [5.74, 6) is 0.841. The summed E-state index contributed by atoms with van der Waals surface area (Å²) in [6.45, 7) is 6.08. The molecule has 0 N–H and O–H groups in total. The van der Waals surface area contributed by atoms with Crippen molar-refractivity contribution >= 4 is 44.7 Å². The molecule has 0 fully saturated rings. The predicted molar refractivity (Wildman–Crippen MR) is 172 cm³/mol. The highest BCUT2D eigenvalue weighted by Gasteiger charge is 2.18. The van der Waals surface area contributed by atoms with Crippen molar-refractivity contribution in [3.8, 4) is 33.4 Å². The average molecular weight is 513 g/mol. The second-order valence-electron chi connectivity index (χ2n) is 10.1. The number of allylic oxidation sites excluding steroid dienone is 1. The maximum atomic E-state index is 6.16. The second-order valence-corrected chi connectivity index (χ2v) is 10.1. The number of rotatable bonds is 5. The van der Waals surface area contributed by atoms with E-state index in [4.69, 9.17) is 4.42 Å². The molecule has 0 bridgehead atoms. The molecule has 190 valence electrons. The zero-order valence-corrected chi connectivity index (χ0v) is 22.4. The Morgan fingerprint density at radius 1 is 0.525 bits per heavy atom. The van der Waals surface area contributed by atoms with E-state index in [1.807, 2.05) is 25.2 Å². The normalized spacial score (nSPS) is 11.6. The van der Waals surface area contributed by atoms with Crippen molar-refractivity contribution in [1.29, 1.82) is 0 Å². The summed E-state index contributed by atoms with van der Waals surface area (Å²) in [6.07, 6.45) is 5.89. The minimum Gasteiger partial charge on any atom is -0.456 e. The van der Waals surface area contributed by atoms with Crippen LogP contribution in [0.15, 0.2) is 138 Å². The van der Waals surface area contributed by atoms with Gasteiger partial charge in [0.1, 0.15) is 11.3 Å². The number of benzene rings is 6. The molecule has 40 heavy (non-hydrogen) atoms. The molecule has 0 atom stereocenters. The van der Waals surface area contributed by atoms with Gasteiger partial charge in [-0.25, -0.2) is 0 Å². The highest BCUT2D eigenvalue weighted by atomic mass is 16.3. The molecule has 1 heterocycles. The third kappa shape index (κ3) is 3.87. The van der Waals surface area contributed by atoms with Gasteiger partial charge in [-0.2, -0.15) is 0 Å². The number of hydrogen-bond donors (Lipinski definition) is 0. The Morgan fingerprint density at radius 3 is 1.68 bits per heavy atom. The summed E-state index contributed by atoms with van der Waals surface area (Å²) in [6, 6.07) is 43.6. The van der Waals surface area contributed by atoms with Crippen LogP contribution in [0.2, 0.25) is 0 Å². The van der Waals surface area contributed by atoms with Gasteiger partial charge >= 0.3 is 0 Å². The summed E-state index contributed by atoms with van der Waals surface area (Å²) < 4.78 is 6.16. The molecule has 1 aromatic heterocycles. The standard InChI is InChI=1S/C39H28O/c1-3-13-36-30(4-2)35-25-29(22-23-37(35)40-36)39-33-20-10-8-18-31(33)38(32-19-9-11-21-34(32)39)28-17-12-16-27(24-28)26-14-6-5-7-15-26/h3-25H,2H2,1H3/b13-3-. The molecular weight excluding hydrogens is 484 g/mol. The Morgan fingerprint density at radius 2 is 1.07 bits per heavy atom. The number of hydrogen-bond acceptors (Lipinski definition) is 1. The maximum absolute atomic E-state index is 6.16. The van der Waals surface area contributed by atoms with E-state index < -0.39 is 0 Å². The van der Waals surface area contributed by atoms with E-state index in [0.717, 1.165) is 22.3 Å². The Labute approximate surface area is 234 Å². The van der Waals surface area contributed by atoms with Crippen LogP contribution in [0.3, 0.4) is 0 Å². The largest absolute Gasteiger partial charge is 0.456 e. The SMILES string of the molecule is C=Cc1c(/C=C\C)oc2ccc(-c3c4ccccc4c(-c4cccc(-c5ccccc5)c4)c4ccccc34)cc12. The van der Waals surface area contributed by atoms with Crippen LogP contribution in [-0.4, -0.2) is 0 Å². The predicted octanol–water partition coefficient (Wildman–Crippen LogP) is 11.4. The molecule has 0 saturated heterocycles. The quantitative estimate of drug-likeness (QED) is 0.209. The van der Waals surface area contributed by atoms with Crippen LogP contribution in [0.25, 0.3) is 78.0 Å². The average Bonchev–Trinajstić information content (AvgIpc) is 3.36. The first-order valence-corrected chi connectivity index (χ1v) is 13.7. The Bertz CT molecular complexity index is 2020. The van der Waals surface area contributed by atoms with Gasteiger partial charge in [0.15, 0.2) is 0 Å². The van der Waals surface area contributed by atoms with E-state index >= 15 is 0 Å². The van der Waals surface area contributed by atoms with Crippen molar-refractivity contribution in [2.75, 3.05) is 0 Å². The lowest BCUT2D eigenvalue weighted by molar-refractivity contribution is 0.603. The van der Waals surface area contributed by atoms with Crippen molar-refractivity contribution < 1.29 is 4.42 Å². The summed E-state index contributed by atoms with van der Waals surface area (Å²) in [5.41, 5.74) is 9.22. The van der Waals surface area contributed by atoms with Crippen LogP contribution in [0.5, 0.6) is 0 Å². The Balaban J connectivity index is 1.53. The molecule has 1 nitrogen and oxygen atoms in total. The topological polar surface area (TPSA) is 13.1 Å². The summed E-state index contributed by atoms with van der Waals surface area (Å²) >= 11 is 0. The third-order valence-corrected chi connectivity index (χ3v) is 7.76. The van der Waals surface area contributed by atoms with Crippen LogP contribution < -0.4 is 0 Å². The van der Waals surface area contributed by atoms with Gasteiger partial charge in [-0.3, -0.25) is 0 Å². The first kappa shape index (κ1) is 23.9. The van der Waals surface area contributed by atoms with E-state index in [1.54, 1.807) is 0 Å². The molecule has 0 amide bonds. The molecule has 0 radical (unpaired) electrons. The molecule has 6 aromatic carbocycles. The van der Waals surface area contributed by atoms with Crippen LogP contribution >= 0.6 is 0 Å².